The van der Waals surface area contributed by atoms with Crippen LogP contribution in [0.1, 0.15) is 5.56 Å². The summed E-state index contributed by atoms with van der Waals surface area (Å²) >= 11 is 0. The SMILES string of the molecule is COc1ccc(N2CCc3c[nH]c(=O)cc32)cc1. The summed E-state index contributed by atoms with van der Waals surface area (Å²) in [6.45, 7) is 0.902. The molecule has 2 heterocycles. The van der Waals surface area contributed by atoms with Crippen LogP contribution in [-0.2, 0) is 6.42 Å². The van der Waals surface area contributed by atoms with Crippen LogP contribution in [0, 0.1) is 0 Å². The van der Waals surface area contributed by atoms with Crippen molar-refractivity contribution in [2.45, 2.75) is 6.42 Å². The molecule has 0 bridgehead atoms. The van der Waals surface area contributed by atoms with Gasteiger partial charge in [-0.15, -0.1) is 0 Å². The number of fused-ring (bicyclic) bond motifs is 1. The van der Waals surface area contributed by atoms with Gasteiger partial charge in [0.2, 0.25) is 5.56 Å². The number of ether oxygens (including phenoxy) is 1. The van der Waals surface area contributed by atoms with Crippen molar-refractivity contribution in [2.24, 2.45) is 0 Å². The lowest BCUT2D eigenvalue weighted by Crippen LogP contribution is -2.15. The second kappa shape index (κ2) is 4.22. The summed E-state index contributed by atoms with van der Waals surface area (Å²) < 4.78 is 5.15. The fraction of sp³-hybridized carbons (Fsp3) is 0.214. The number of nitrogens with one attached hydrogen (secondary N) is 1. The summed E-state index contributed by atoms with van der Waals surface area (Å²) in [6.07, 6.45) is 2.76. The highest BCUT2D eigenvalue weighted by molar-refractivity contribution is 5.69. The highest BCUT2D eigenvalue weighted by atomic mass is 16.5. The van der Waals surface area contributed by atoms with Gasteiger partial charge in [-0.2, -0.15) is 0 Å². The van der Waals surface area contributed by atoms with E-state index in [2.05, 4.69) is 9.88 Å². The van der Waals surface area contributed by atoms with Gasteiger partial charge in [0.15, 0.2) is 0 Å². The Labute approximate surface area is 105 Å². The molecule has 1 aliphatic heterocycles. The van der Waals surface area contributed by atoms with Crippen LogP contribution in [-0.4, -0.2) is 18.6 Å². The highest BCUT2D eigenvalue weighted by Crippen LogP contribution is 2.33. The van der Waals surface area contributed by atoms with E-state index in [9.17, 15) is 4.79 Å². The molecule has 0 atom stereocenters. The van der Waals surface area contributed by atoms with E-state index >= 15 is 0 Å². The Kier molecular flexibility index (Phi) is 2.55. The van der Waals surface area contributed by atoms with E-state index in [1.165, 1.54) is 5.56 Å². The van der Waals surface area contributed by atoms with E-state index in [1.807, 2.05) is 24.3 Å². The van der Waals surface area contributed by atoms with Crippen molar-refractivity contribution in [1.29, 1.82) is 0 Å². The van der Waals surface area contributed by atoms with Crippen molar-refractivity contribution in [3.63, 3.8) is 0 Å². The Morgan fingerprint density at radius 2 is 2.06 bits per heavy atom. The Morgan fingerprint density at radius 1 is 1.28 bits per heavy atom. The molecule has 0 amide bonds. The zero-order chi connectivity index (χ0) is 12.5. The first-order chi connectivity index (χ1) is 8.78. The van der Waals surface area contributed by atoms with Crippen molar-refractivity contribution in [3.05, 3.63) is 52.4 Å². The molecule has 4 nitrogen and oxygen atoms in total. The first-order valence-corrected chi connectivity index (χ1v) is 5.91. The van der Waals surface area contributed by atoms with E-state index in [-0.39, 0.29) is 5.56 Å². The molecular formula is C14H14N2O2. The maximum absolute atomic E-state index is 11.4. The maximum Gasteiger partial charge on any atom is 0.250 e. The topological polar surface area (TPSA) is 45.3 Å². The summed E-state index contributed by atoms with van der Waals surface area (Å²) in [4.78, 5) is 16.3. The molecule has 1 aliphatic rings. The quantitative estimate of drug-likeness (QED) is 0.877. The predicted octanol–water partition coefficient (Wildman–Crippen LogP) is 2.08. The van der Waals surface area contributed by atoms with Gasteiger partial charge in [-0.3, -0.25) is 4.79 Å². The minimum atomic E-state index is -0.0610. The van der Waals surface area contributed by atoms with Gasteiger partial charge in [0, 0.05) is 24.5 Å². The zero-order valence-electron chi connectivity index (χ0n) is 10.1. The second-order valence-corrected chi connectivity index (χ2v) is 4.31. The number of aromatic nitrogens is 1. The van der Waals surface area contributed by atoms with Crippen molar-refractivity contribution < 1.29 is 4.74 Å². The van der Waals surface area contributed by atoms with Gasteiger partial charge in [0.05, 0.1) is 12.8 Å². The van der Waals surface area contributed by atoms with E-state index in [0.717, 1.165) is 30.1 Å². The second-order valence-electron chi connectivity index (χ2n) is 4.31. The average molecular weight is 242 g/mol. The fourth-order valence-corrected chi connectivity index (χ4v) is 2.33. The van der Waals surface area contributed by atoms with Crippen LogP contribution < -0.4 is 15.2 Å². The number of methoxy groups -OCH3 is 1. The third kappa shape index (κ3) is 1.76. The molecule has 0 fully saturated rings. The van der Waals surface area contributed by atoms with Gasteiger partial charge in [-0.1, -0.05) is 0 Å². The molecule has 92 valence electrons. The molecular weight excluding hydrogens is 228 g/mol. The molecule has 1 aromatic carbocycles. The molecule has 0 saturated carbocycles. The Bertz CT molecular complexity index is 616. The summed E-state index contributed by atoms with van der Waals surface area (Å²) in [5, 5.41) is 0. The van der Waals surface area contributed by atoms with Gasteiger partial charge < -0.3 is 14.6 Å². The number of anilines is 2. The van der Waals surface area contributed by atoms with Crippen LogP contribution in [0.4, 0.5) is 11.4 Å². The molecule has 1 aromatic heterocycles. The molecule has 1 N–H and O–H groups in total. The van der Waals surface area contributed by atoms with Crippen molar-refractivity contribution in [1.82, 2.24) is 4.98 Å². The summed E-state index contributed by atoms with van der Waals surface area (Å²) in [5.74, 6) is 0.837. The van der Waals surface area contributed by atoms with Crippen molar-refractivity contribution >= 4 is 11.4 Å². The van der Waals surface area contributed by atoms with Crippen LogP contribution in [0.2, 0.25) is 0 Å². The number of pyridine rings is 1. The molecule has 0 saturated heterocycles. The average Bonchev–Trinajstić information content (AvgIpc) is 2.82. The third-order valence-corrected chi connectivity index (χ3v) is 3.27. The van der Waals surface area contributed by atoms with Gasteiger partial charge in [0.1, 0.15) is 5.75 Å². The van der Waals surface area contributed by atoms with Crippen LogP contribution in [0.5, 0.6) is 5.75 Å². The Balaban J connectivity index is 2.00. The fourth-order valence-electron chi connectivity index (χ4n) is 2.33. The van der Waals surface area contributed by atoms with Crippen LogP contribution in [0.15, 0.2) is 41.3 Å². The minimum absolute atomic E-state index is 0.0610. The maximum atomic E-state index is 11.4. The number of hydrogen-bond donors (Lipinski definition) is 1. The van der Waals surface area contributed by atoms with Crippen LogP contribution in [0.3, 0.4) is 0 Å². The normalized spacial score (nSPS) is 13.5. The Hall–Kier alpha value is -2.23. The summed E-state index contributed by atoms with van der Waals surface area (Å²) in [6, 6.07) is 9.54. The first-order valence-electron chi connectivity index (χ1n) is 5.91. The van der Waals surface area contributed by atoms with Gasteiger partial charge in [-0.25, -0.2) is 0 Å². The van der Waals surface area contributed by atoms with Crippen molar-refractivity contribution in [2.75, 3.05) is 18.6 Å². The summed E-state index contributed by atoms with van der Waals surface area (Å²) in [7, 11) is 1.65. The standard InChI is InChI=1S/C14H14N2O2/c1-18-12-4-2-11(3-5-12)16-7-6-10-9-15-14(17)8-13(10)16/h2-5,8-9H,6-7H2,1H3,(H,15,17). The number of hydrogen-bond acceptors (Lipinski definition) is 3. The Morgan fingerprint density at radius 3 is 2.78 bits per heavy atom. The smallest absolute Gasteiger partial charge is 0.250 e. The molecule has 0 radical (unpaired) electrons. The molecule has 3 rings (SSSR count). The molecule has 18 heavy (non-hydrogen) atoms. The monoisotopic (exact) mass is 242 g/mol. The zero-order valence-corrected chi connectivity index (χ0v) is 10.1. The van der Waals surface area contributed by atoms with Crippen LogP contribution >= 0.6 is 0 Å². The van der Waals surface area contributed by atoms with E-state index in [4.69, 9.17) is 4.74 Å². The molecule has 0 unspecified atom stereocenters. The first kappa shape index (κ1) is 10.9. The lowest BCUT2D eigenvalue weighted by molar-refractivity contribution is 0.415. The number of H-pyrrole nitrogens is 1. The largest absolute Gasteiger partial charge is 0.497 e. The van der Waals surface area contributed by atoms with Gasteiger partial charge in [-0.05, 0) is 36.2 Å². The van der Waals surface area contributed by atoms with E-state index < -0.39 is 0 Å². The highest BCUT2D eigenvalue weighted by Gasteiger charge is 2.20. The van der Waals surface area contributed by atoms with Crippen molar-refractivity contribution in [3.8, 4) is 5.75 Å². The molecule has 2 aromatic rings. The number of benzene rings is 1. The summed E-state index contributed by atoms with van der Waals surface area (Å²) in [5.41, 5.74) is 3.21. The minimum Gasteiger partial charge on any atom is -0.497 e. The number of nitrogens with zero attached hydrogens (tertiary/aromatic N) is 1. The number of aromatic amines is 1. The molecule has 0 aliphatic carbocycles. The molecule has 4 heteroatoms. The third-order valence-electron chi connectivity index (χ3n) is 3.27. The van der Waals surface area contributed by atoms with Gasteiger partial charge >= 0.3 is 0 Å². The lowest BCUT2D eigenvalue weighted by atomic mass is 10.2. The van der Waals surface area contributed by atoms with Gasteiger partial charge in [0.25, 0.3) is 0 Å². The van der Waals surface area contributed by atoms with E-state index in [1.54, 1.807) is 19.4 Å². The van der Waals surface area contributed by atoms with E-state index in [0.29, 0.717) is 0 Å². The number of rotatable bonds is 2. The lowest BCUT2D eigenvalue weighted by Gasteiger charge is -2.19. The van der Waals surface area contributed by atoms with Crippen LogP contribution in [0.25, 0.3) is 0 Å². The molecule has 0 spiro atoms. The predicted molar refractivity (Wildman–Crippen MR) is 70.8 cm³/mol.